The molecule has 2 aromatic carbocycles. The summed E-state index contributed by atoms with van der Waals surface area (Å²) in [6.45, 7) is 1.48. The molecule has 1 aliphatic carbocycles. The van der Waals surface area contributed by atoms with Gasteiger partial charge < -0.3 is 9.47 Å². The first-order chi connectivity index (χ1) is 11.1. The van der Waals surface area contributed by atoms with Crippen molar-refractivity contribution in [3.8, 4) is 0 Å². The van der Waals surface area contributed by atoms with Crippen LogP contribution in [-0.4, -0.2) is 38.0 Å². The summed E-state index contributed by atoms with van der Waals surface area (Å²) in [4.78, 5) is 2.39. The van der Waals surface area contributed by atoms with E-state index in [-0.39, 0.29) is 11.3 Å². The van der Waals surface area contributed by atoms with Crippen molar-refractivity contribution < 1.29 is 9.47 Å². The smallest absolute Gasteiger partial charge is 0.168 e. The van der Waals surface area contributed by atoms with E-state index in [0.29, 0.717) is 0 Å². The molecule has 3 heteroatoms. The Morgan fingerprint density at radius 3 is 2.13 bits per heavy atom. The Morgan fingerprint density at radius 2 is 1.48 bits per heavy atom. The molecule has 1 saturated carbocycles. The molecule has 0 atom stereocenters. The first kappa shape index (κ1) is 15.1. The van der Waals surface area contributed by atoms with E-state index < -0.39 is 0 Å². The standard InChI is InChI=1S/C20H25NO2/c1-21(2)19(9-11-20(12-10-19)22-13-14-23-20)18-8-7-16-5-3-4-6-17(16)15-18/h3-8,15H,9-14H2,1-2H3. The molecule has 0 amide bonds. The zero-order chi connectivity index (χ0) is 15.9. The quantitative estimate of drug-likeness (QED) is 0.839. The molecule has 0 N–H and O–H groups in total. The van der Waals surface area contributed by atoms with Crippen LogP contribution in [0.1, 0.15) is 31.2 Å². The van der Waals surface area contributed by atoms with Crippen LogP contribution in [0.5, 0.6) is 0 Å². The Hall–Kier alpha value is -1.42. The van der Waals surface area contributed by atoms with Gasteiger partial charge in [-0.2, -0.15) is 0 Å². The van der Waals surface area contributed by atoms with Crippen molar-refractivity contribution in [3.63, 3.8) is 0 Å². The predicted molar refractivity (Wildman–Crippen MR) is 92.4 cm³/mol. The molecule has 3 nitrogen and oxygen atoms in total. The van der Waals surface area contributed by atoms with Gasteiger partial charge in [0.05, 0.1) is 13.2 Å². The highest BCUT2D eigenvalue weighted by atomic mass is 16.7. The molecule has 1 aliphatic heterocycles. The number of nitrogens with zero attached hydrogens (tertiary/aromatic N) is 1. The molecule has 122 valence electrons. The maximum atomic E-state index is 5.92. The summed E-state index contributed by atoms with van der Waals surface area (Å²) in [5.41, 5.74) is 1.49. The molecule has 2 aromatic rings. The molecule has 2 fully saturated rings. The average molecular weight is 311 g/mol. The van der Waals surface area contributed by atoms with Crippen molar-refractivity contribution in [1.29, 1.82) is 0 Å². The molecule has 2 aliphatic rings. The zero-order valence-electron chi connectivity index (χ0n) is 14.0. The lowest BCUT2D eigenvalue weighted by Crippen LogP contribution is -2.49. The van der Waals surface area contributed by atoms with E-state index in [1.54, 1.807) is 0 Å². The molecular formula is C20H25NO2. The van der Waals surface area contributed by atoms with E-state index in [2.05, 4.69) is 61.5 Å². The van der Waals surface area contributed by atoms with Gasteiger partial charge in [0.1, 0.15) is 0 Å². The predicted octanol–water partition coefficient (Wildman–Crippen LogP) is 3.91. The van der Waals surface area contributed by atoms with E-state index in [0.717, 1.165) is 38.9 Å². The number of hydrogen-bond donors (Lipinski definition) is 0. The minimum Gasteiger partial charge on any atom is -0.348 e. The lowest BCUT2D eigenvalue weighted by atomic mass is 9.73. The van der Waals surface area contributed by atoms with Crippen molar-refractivity contribution in [2.45, 2.75) is 37.0 Å². The van der Waals surface area contributed by atoms with Crippen LogP contribution < -0.4 is 0 Å². The van der Waals surface area contributed by atoms with Gasteiger partial charge in [0.2, 0.25) is 0 Å². The fraction of sp³-hybridized carbons (Fsp3) is 0.500. The molecule has 0 radical (unpaired) electrons. The van der Waals surface area contributed by atoms with Gasteiger partial charge in [-0.25, -0.2) is 0 Å². The number of rotatable bonds is 2. The van der Waals surface area contributed by atoms with Crippen LogP contribution >= 0.6 is 0 Å². The Morgan fingerprint density at radius 1 is 0.826 bits per heavy atom. The summed E-state index contributed by atoms with van der Waals surface area (Å²) >= 11 is 0. The van der Waals surface area contributed by atoms with Crippen LogP contribution in [0.25, 0.3) is 10.8 Å². The molecule has 0 bridgehead atoms. The molecule has 0 aromatic heterocycles. The van der Waals surface area contributed by atoms with E-state index in [9.17, 15) is 0 Å². The first-order valence-corrected chi connectivity index (χ1v) is 8.58. The number of ether oxygens (including phenoxy) is 2. The Bertz CT molecular complexity index is 694. The maximum absolute atomic E-state index is 5.92. The van der Waals surface area contributed by atoms with E-state index >= 15 is 0 Å². The van der Waals surface area contributed by atoms with Crippen LogP contribution in [0.3, 0.4) is 0 Å². The average Bonchev–Trinajstić information content (AvgIpc) is 3.03. The molecule has 4 rings (SSSR count). The van der Waals surface area contributed by atoms with Crippen molar-refractivity contribution >= 4 is 10.8 Å². The highest BCUT2D eigenvalue weighted by Crippen LogP contribution is 2.47. The fourth-order valence-corrected chi connectivity index (χ4v) is 4.30. The van der Waals surface area contributed by atoms with Gasteiger partial charge in [0.15, 0.2) is 5.79 Å². The second-order valence-corrected chi connectivity index (χ2v) is 7.10. The van der Waals surface area contributed by atoms with Crippen LogP contribution in [0, 0.1) is 0 Å². The summed E-state index contributed by atoms with van der Waals surface area (Å²) < 4.78 is 11.8. The third kappa shape index (κ3) is 2.47. The highest BCUT2D eigenvalue weighted by molar-refractivity contribution is 5.83. The summed E-state index contributed by atoms with van der Waals surface area (Å²) in [5.74, 6) is -0.309. The normalized spacial score (nSPS) is 22.9. The molecule has 1 heterocycles. The third-order valence-electron chi connectivity index (χ3n) is 5.80. The zero-order valence-corrected chi connectivity index (χ0v) is 14.0. The molecule has 1 saturated heterocycles. The largest absolute Gasteiger partial charge is 0.348 e. The van der Waals surface area contributed by atoms with Crippen LogP contribution in [0.15, 0.2) is 42.5 Å². The SMILES string of the molecule is CN(C)C1(c2ccc3ccccc3c2)CCC2(CC1)OCCO2. The molecule has 1 spiro atoms. The highest BCUT2D eigenvalue weighted by Gasteiger charge is 2.48. The second kappa shape index (κ2) is 5.59. The first-order valence-electron chi connectivity index (χ1n) is 8.58. The third-order valence-corrected chi connectivity index (χ3v) is 5.80. The second-order valence-electron chi connectivity index (χ2n) is 7.10. The lowest BCUT2D eigenvalue weighted by Gasteiger charge is -2.48. The van der Waals surface area contributed by atoms with E-state index in [4.69, 9.17) is 9.47 Å². The lowest BCUT2D eigenvalue weighted by molar-refractivity contribution is -0.193. The van der Waals surface area contributed by atoms with Crippen molar-refractivity contribution in [3.05, 3.63) is 48.0 Å². The van der Waals surface area contributed by atoms with Crippen molar-refractivity contribution in [1.82, 2.24) is 4.90 Å². The Kier molecular flexibility index (Phi) is 3.67. The van der Waals surface area contributed by atoms with Gasteiger partial charge >= 0.3 is 0 Å². The number of fused-ring (bicyclic) bond motifs is 1. The van der Waals surface area contributed by atoms with Gasteiger partial charge in [-0.05, 0) is 49.3 Å². The van der Waals surface area contributed by atoms with Gasteiger partial charge in [-0.15, -0.1) is 0 Å². The Balaban J connectivity index is 1.69. The van der Waals surface area contributed by atoms with E-state index in [1.165, 1.54) is 16.3 Å². The van der Waals surface area contributed by atoms with Crippen LogP contribution in [0.4, 0.5) is 0 Å². The van der Waals surface area contributed by atoms with Gasteiger partial charge in [-0.1, -0.05) is 36.4 Å². The number of hydrogen-bond acceptors (Lipinski definition) is 3. The van der Waals surface area contributed by atoms with Crippen molar-refractivity contribution in [2.24, 2.45) is 0 Å². The maximum Gasteiger partial charge on any atom is 0.168 e. The van der Waals surface area contributed by atoms with Crippen molar-refractivity contribution in [2.75, 3.05) is 27.3 Å². The molecular weight excluding hydrogens is 286 g/mol. The van der Waals surface area contributed by atoms with E-state index in [1.807, 2.05) is 0 Å². The van der Waals surface area contributed by atoms with Gasteiger partial charge in [0.25, 0.3) is 0 Å². The summed E-state index contributed by atoms with van der Waals surface area (Å²) in [7, 11) is 4.40. The van der Waals surface area contributed by atoms with Crippen LogP contribution in [-0.2, 0) is 15.0 Å². The minimum atomic E-state index is -0.309. The van der Waals surface area contributed by atoms with Gasteiger partial charge in [-0.3, -0.25) is 4.90 Å². The summed E-state index contributed by atoms with van der Waals surface area (Å²) in [6, 6.07) is 15.5. The fourth-order valence-electron chi connectivity index (χ4n) is 4.30. The van der Waals surface area contributed by atoms with Crippen LogP contribution in [0.2, 0.25) is 0 Å². The Labute approximate surface area is 138 Å². The summed E-state index contributed by atoms with van der Waals surface area (Å²) in [6.07, 6.45) is 4.08. The topological polar surface area (TPSA) is 21.7 Å². The monoisotopic (exact) mass is 311 g/mol. The number of benzene rings is 2. The summed E-state index contributed by atoms with van der Waals surface area (Å²) in [5, 5.41) is 2.62. The minimum absolute atomic E-state index is 0.0740. The molecule has 0 unspecified atom stereocenters. The van der Waals surface area contributed by atoms with Gasteiger partial charge in [0, 0.05) is 18.4 Å². The molecule has 23 heavy (non-hydrogen) atoms.